The Labute approximate surface area is 177 Å². The van der Waals surface area contributed by atoms with Crippen molar-refractivity contribution in [1.82, 2.24) is 5.32 Å². The average Bonchev–Trinajstić information content (AvgIpc) is 2.69. The minimum absolute atomic E-state index is 0.00149. The van der Waals surface area contributed by atoms with Crippen LogP contribution in [0.25, 0.3) is 0 Å². The number of ketones is 1. The summed E-state index contributed by atoms with van der Waals surface area (Å²) in [7, 11) is 2.98. The molecule has 0 saturated carbocycles. The van der Waals surface area contributed by atoms with Crippen LogP contribution in [-0.2, 0) is 19.1 Å². The van der Waals surface area contributed by atoms with Crippen molar-refractivity contribution in [2.45, 2.75) is 32.1 Å². The molecule has 156 valence electrons. The Balaban J connectivity index is 2.13. The number of aromatic hydroxyl groups is 1. The maximum Gasteiger partial charge on any atom is 0.336 e. The van der Waals surface area contributed by atoms with E-state index in [4.69, 9.17) is 14.2 Å². The zero-order valence-electron chi connectivity index (χ0n) is 16.6. The standard InChI is InChI=1S/C21H24BrNO6/c1-11-17(21(26)29-8-7-27-2)18(19-14(23-11)5-4-6-15(19)24)12-9-13(22)20(25)16(10-12)28-3/h9-10,18,23,25H,4-8H2,1-3H3. The highest BCUT2D eigenvalue weighted by atomic mass is 79.9. The molecule has 3 rings (SSSR count). The number of esters is 1. The second-order valence-corrected chi connectivity index (χ2v) is 7.80. The van der Waals surface area contributed by atoms with E-state index in [1.54, 1.807) is 19.1 Å². The zero-order valence-corrected chi connectivity index (χ0v) is 18.2. The molecule has 0 radical (unpaired) electrons. The van der Waals surface area contributed by atoms with Gasteiger partial charge in [0.1, 0.15) is 6.61 Å². The van der Waals surface area contributed by atoms with Crippen LogP contribution in [0.4, 0.5) is 0 Å². The van der Waals surface area contributed by atoms with E-state index >= 15 is 0 Å². The number of nitrogens with one attached hydrogen (secondary N) is 1. The number of benzene rings is 1. The van der Waals surface area contributed by atoms with Gasteiger partial charge in [-0.2, -0.15) is 0 Å². The van der Waals surface area contributed by atoms with E-state index in [2.05, 4.69) is 21.2 Å². The van der Waals surface area contributed by atoms with Gasteiger partial charge in [0.25, 0.3) is 0 Å². The molecule has 2 N–H and O–H groups in total. The third kappa shape index (κ3) is 4.18. The summed E-state index contributed by atoms with van der Waals surface area (Å²) in [6.07, 6.45) is 1.93. The molecule has 1 aliphatic heterocycles. The van der Waals surface area contributed by atoms with Crippen LogP contribution in [0, 0.1) is 0 Å². The summed E-state index contributed by atoms with van der Waals surface area (Å²) in [6, 6.07) is 3.36. The minimum atomic E-state index is -0.611. The first kappa shape index (κ1) is 21.4. The van der Waals surface area contributed by atoms with Gasteiger partial charge in [-0.05, 0) is 53.4 Å². The van der Waals surface area contributed by atoms with Crippen LogP contribution in [0.5, 0.6) is 11.5 Å². The van der Waals surface area contributed by atoms with E-state index in [1.807, 2.05) is 0 Å². The lowest BCUT2D eigenvalue weighted by molar-refractivity contribution is -0.140. The third-order valence-corrected chi connectivity index (χ3v) is 5.72. The number of carbonyl (C=O) groups excluding carboxylic acids is 2. The molecule has 29 heavy (non-hydrogen) atoms. The van der Waals surface area contributed by atoms with Crippen molar-refractivity contribution < 1.29 is 28.9 Å². The van der Waals surface area contributed by atoms with Gasteiger partial charge in [-0.25, -0.2) is 4.79 Å². The van der Waals surface area contributed by atoms with E-state index in [0.717, 1.165) is 18.5 Å². The number of phenols is 1. The molecule has 0 fully saturated rings. The molecular weight excluding hydrogens is 442 g/mol. The first-order chi connectivity index (χ1) is 13.9. The topological polar surface area (TPSA) is 94.1 Å². The van der Waals surface area contributed by atoms with Gasteiger partial charge in [0, 0.05) is 36.4 Å². The molecular formula is C21H24BrNO6. The molecule has 7 nitrogen and oxygen atoms in total. The lowest BCUT2D eigenvalue weighted by Gasteiger charge is -2.34. The van der Waals surface area contributed by atoms with Gasteiger partial charge in [0.05, 0.1) is 23.8 Å². The Hall–Kier alpha value is -2.32. The molecule has 2 aliphatic rings. The molecule has 1 aromatic rings. The Bertz CT molecular complexity index is 905. The van der Waals surface area contributed by atoms with E-state index < -0.39 is 11.9 Å². The monoisotopic (exact) mass is 465 g/mol. The maximum atomic E-state index is 13.0. The summed E-state index contributed by atoms with van der Waals surface area (Å²) in [5.74, 6) is -0.908. The number of halogens is 1. The summed E-state index contributed by atoms with van der Waals surface area (Å²) in [6.45, 7) is 2.19. The van der Waals surface area contributed by atoms with Gasteiger partial charge in [-0.1, -0.05) is 0 Å². The highest BCUT2D eigenvalue weighted by Gasteiger charge is 2.39. The summed E-state index contributed by atoms with van der Waals surface area (Å²) in [4.78, 5) is 25.8. The average molecular weight is 466 g/mol. The van der Waals surface area contributed by atoms with Crippen LogP contribution in [0.3, 0.4) is 0 Å². The lowest BCUT2D eigenvalue weighted by Crippen LogP contribution is -2.34. The molecule has 0 amide bonds. The van der Waals surface area contributed by atoms with E-state index in [1.165, 1.54) is 14.2 Å². The Morgan fingerprint density at radius 1 is 1.28 bits per heavy atom. The highest BCUT2D eigenvalue weighted by molar-refractivity contribution is 9.10. The van der Waals surface area contributed by atoms with Crippen molar-refractivity contribution in [2.24, 2.45) is 0 Å². The summed E-state index contributed by atoms with van der Waals surface area (Å²) < 4.78 is 16.0. The number of rotatable bonds is 6. The van der Waals surface area contributed by atoms with Crippen LogP contribution in [0.1, 0.15) is 37.7 Å². The molecule has 0 aromatic heterocycles. The fourth-order valence-electron chi connectivity index (χ4n) is 3.80. The van der Waals surface area contributed by atoms with E-state index in [0.29, 0.717) is 33.3 Å². The van der Waals surface area contributed by atoms with Crippen LogP contribution < -0.4 is 10.1 Å². The highest BCUT2D eigenvalue weighted by Crippen LogP contribution is 2.46. The fraction of sp³-hybridized carbons (Fsp3) is 0.429. The Morgan fingerprint density at radius 3 is 2.72 bits per heavy atom. The first-order valence-corrected chi connectivity index (χ1v) is 10.1. The first-order valence-electron chi connectivity index (χ1n) is 9.35. The number of carbonyl (C=O) groups is 2. The number of hydrogen-bond donors (Lipinski definition) is 2. The van der Waals surface area contributed by atoms with Crippen molar-refractivity contribution in [3.63, 3.8) is 0 Å². The Morgan fingerprint density at radius 2 is 2.03 bits per heavy atom. The molecule has 1 heterocycles. The maximum absolute atomic E-state index is 13.0. The number of allylic oxidation sites excluding steroid dienone is 3. The predicted molar refractivity (Wildman–Crippen MR) is 110 cm³/mol. The molecule has 0 saturated heterocycles. The van der Waals surface area contributed by atoms with Gasteiger partial charge in [0.2, 0.25) is 0 Å². The molecule has 1 aliphatic carbocycles. The smallest absolute Gasteiger partial charge is 0.336 e. The van der Waals surface area contributed by atoms with Gasteiger partial charge in [-0.15, -0.1) is 0 Å². The molecule has 1 atom stereocenters. The minimum Gasteiger partial charge on any atom is -0.503 e. The number of phenolic OH excluding ortho intramolecular Hbond substituents is 1. The van der Waals surface area contributed by atoms with Crippen molar-refractivity contribution in [3.05, 3.63) is 44.7 Å². The molecule has 0 spiro atoms. The number of Topliss-reactive ketones (excluding diaryl/α,β-unsaturated/α-hetero) is 1. The second-order valence-electron chi connectivity index (χ2n) is 6.95. The predicted octanol–water partition coefficient (Wildman–Crippen LogP) is 3.32. The SMILES string of the molecule is COCCOC(=O)C1=C(C)NC2=C(C(=O)CCC2)C1c1cc(Br)c(O)c(OC)c1. The van der Waals surface area contributed by atoms with Gasteiger partial charge < -0.3 is 24.6 Å². The molecule has 0 bridgehead atoms. The van der Waals surface area contributed by atoms with Crippen molar-refractivity contribution in [3.8, 4) is 11.5 Å². The summed E-state index contributed by atoms with van der Waals surface area (Å²) in [5.41, 5.74) is 3.08. The largest absolute Gasteiger partial charge is 0.503 e. The fourth-order valence-corrected chi connectivity index (χ4v) is 4.26. The second kappa shape index (κ2) is 9.00. The number of methoxy groups -OCH3 is 2. The zero-order chi connectivity index (χ0) is 21.1. The van der Waals surface area contributed by atoms with Crippen molar-refractivity contribution in [1.29, 1.82) is 0 Å². The van der Waals surface area contributed by atoms with E-state index in [-0.39, 0.29) is 30.5 Å². The van der Waals surface area contributed by atoms with Crippen LogP contribution in [-0.4, -0.2) is 44.3 Å². The van der Waals surface area contributed by atoms with Gasteiger partial charge in [0.15, 0.2) is 17.3 Å². The van der Waals surface area contributed by atoms with Gasteiger partial charge in [-0.3, -0.25) is 4.79 Å². The summed E-state index contributed by atoms with van der Waals surface area (Å²) >= 11 is 3.34. The number of ether oxygens (including phenoxy) is 3. The molecule has 1 unspecified atom stereocenters. The van der Waals surface area contributed by atoms with E-state index in [9.17, 15) is 14.7 Å². The molecule has 1 aromatic carbocycles. The van der Waals surface area contributed by atoms with Gasteiger partial charge >= 0.3 is 5.97 Å². The third-order valence-electron chi connectivity index (χ3n) is 5.12. The van der Waals surface area contributed by atoms with Crippen LogP contribution in [0.15, 0.2) is 39.1 Å². The number of dihydropyridines is 1. The van der Waals surface area contributed by atoms with Crippen LogP contribution in [0.2, 0.25) is 0 Å². The van der Waals surface area contributed by atoms with Crippen molar-refractivity contribution >= 4 is 27.7 Å². The Kier molecular flexibility index (Phi) is 6.64. The quantitative estimate of drug-likeness (QED) is 0.491. The van der Waals surface area contributed by atoms with Crippen LogP contribution >= 0.6 is 15.9 Å². The molecule has 8 heteroatoms. The number of hydrogen-bond acceptors (Lipinski definition) is 7. The summed E-state index contributed by atoms with van der Waals surface area (Å²) in [5, 5.41) is 13.4. The van der Waals surface area contributed by atoms with Crippen molar-refractivity contribution in [2.75, 3.05) is 27.4 Å². The normalized spacial score (nSPS) is 19.0. The lowest BCUT2D eigenvalue weighted by atomic mass is 9.75.